The Kier molecular flexibility index (Phi) is 5.45. The van der Waals surface area contributed by atoms with E-state index in [1.807, 2.05) is 47.0 Å². The van der Waals surface area contributed by atoms with Gasteiger partial charge in [0.1, 0.15) is 12.3 Å². The molecule has 9 heteroatoms. The molecule has 2 amide bonds. The van der Waals surface area contributed by atoms with Gasteiger partial charge >= 0.3 is 0 Å². The van der Waals surface area contributed by atoms with Crippen molar-refractivity contribution >= 4 is 35.1 Å². The molecule has 32 heavy (non-hydrogen) atoms. The fraction of sp³-hybridized carbons (Fsp3) is 0.261. The van der Waals surface area contributed by atoms with Crippen LogP contribution in [0.4, 0.5) is 0 Å². The molecule has 3 aromatic rings. The van der Waals surface area contributed by atoms with Crippen molar-refractivity contribution in [1.29, 1.82) is 0 Å². The van der Waals surface area contributed by atoms with Gasteiger partial charge < -0.3 is 19.3 Å². The molecule has 8 nitrogen and oxygen atoms in total. The third-order valence-electron chi connectivity index (χ3n) is 5.59. The Morgan fingerprint density at radius 2 is 1.72 bits per heavy atom. The SMILES string of the molecule is O=C(/C=C/c1c(Cl)nc2ccccn12)N1CCN(C(=O)C2COc3ccccc3O2)CC1. The molecular weight excluding hydrogens is 432 g/mol. The maximum atomic E-state index is 12.9. The Morgan fingerprint density at radius 1 is 1.00 bits per heavy atom. The summed E-state index contributed by atoms with van der Waals surface area (Å²) < 4.78 is 13.3. The molecule has 2 aromatic heterocycles. The lowest BCUT2D eigenvalue weighted by atomic mass is 10.2. The Hall–Kier alpha value is -3.52. The average Bonchev–Trinajstić information content (AvgIpc) is 3.16. The molecule has 0 N–H and O–H groups in total. The van der Waals surface area contributed by atoms with Crippen LogP contribution in [-0.4, -0.2) is 69.9 Å². The van der Waals surface area contributed by atoms with E-state index in [4.69, 9.17) is 21.1 Å². The number of halogens is 1. The standard InChI is InChI=1S/C23H21ClN4O4/c24-22-16(28-10-4-3-7-20(28)25-22)8-9-21(29)26-11-13-27(14-12-26)23(30)19-15-31-17-5-1-2-6-18(17)32-19/h1-10,19H,11-15H2/b9-8+. The van der Waals surface area contributed by atoms with Crippen LogP contribution in [0, 0.1) is 0 Å². The normalized spacial score (nSPS) is 18.3. The number of carbonyl (C=O) groups is 2. The van der Waals surface area contributed by atoms with E-state index in [0.29, 0.717) is 54.2 Å². The molecule has 164 valence electrons. The van der Waals surface area contributed by atoms with Gasteiger partial charge in [-0.05, 0) is 30.3 Å². The Labute approximate surface area is 189 Å². The number of pyridine rings is 1. The summed E-state index contributed by atoms with van der Waals surface area (Å²) in [6, 6.07) is 12.9. The number of benzene rings is 1. The summed E-state index contributed by atoms with van der Waals surface area (Å²) in [5, 5.41) is 0.340. The van der Waals surface area contributed by atoms with Crippen molar-refractivity contribution in [3.05, 3.63) is 65.6 Å². The molecule has 2 aliphatic heterocycles. The lowest BCUT2D eigenvalue weighted by Crippen LogP contribution is -2.54. The molecule has 0 radical (unpaired) electrons. The molecule has 1 unspecified atom stereocenters. The molecule has 0 aliphatic carbocycles. The highest BCUT2D eigenvalue weighted by Gasteiger charge is 2.33. The molecule has 1 fully saturated rings. The van der Waals surface area contributed by atoms with Crippen molar-refractivity contribution in [1.82, 2.24) is 19.2 Å². The molecule has 1 saturated heterocycles. The van der Waals surface area contributed by atoms with E-state index in [0.717, 1.165) is 0 Å². The van der Waals surface area contributed by atoms with Gasteiger partial charge in [0, 0.05) is 38.5 Å². The van der Waals surface area contributed by atoms with Gasteiger partial charge in [-0.2, -0.15) is 0 Å². The number of hydrogen-bond acceptors (Lipinski definition) is 5. The molecule has 4 heterocycles. The van der Waals surface area contributed by atoms with Crippen LogP contribution >= 0.6 is 11.6 Å². The quantitative estimate of drug-likeness (QED) is 0.571. The maximum Gasteiger partial charge on any atom is 0.267 e. The van der Waals surface area contributed by atoms with Crippen molar-refractivity contribution in [3.8, 4) is 11.5 Å². The van der Waals surface area contributed by atoms with Gasteiger partial charge in [0.2, 0.25) is 12.0 Å². The van der Waals surface area contributed by atoms with Crippen LogP contribution in [0.2, 0.25) is 5.15 Å². The molecular formula is C23H21ClN4O4. The lowest BCUT2D eigenvalue weighted by Gasteiger charge is -2.36. The molecule has 0 spiro atoms. The monoisotopic (exact) mass is 452 g/mol. The summed E-state index contributed by atoms with van der Waals surface area (Å²) >= 11 is 6.22. The number of imidazole rings is 1. The topological polar surface area (TPSA) is 76.4 Å². The van der Waals surface area contributed by atoms with Gasteiger partial charge in [-0.15, -0.1) is 0 Å². The van der Waals surface area contributed by atoms with Crippen LogP contribution in [0.5, 0.6) is 11.5 Å². The highest BCUT2D eigenvalue weighted by Crippen LogP contribution is 2.31. The molecule has 0 bridgehead atoms. The van der Waals surface area contributed by atoms with E-state index < -0.39 is 6.10 Å². The summed E-state index contributed by atoms with van der Waals surface area (Å²) in [7, 11) is 0. The van der Waals surface area contributed by atoms with Crippen LogP contribution in [0.1, 0.15) is 5.69 Å². The predicted molar refractivity (Wildman–Crippen MR) is 119 cm³/mol. The van der Waals surface area contributed by atoms with Crippen LogP contribution in [0.25, 0.3) is 11.7 Å². The largest absolute Gasteiger partial charge is 0.485 e. The lowest BCUT2D eigenvalue weighted by molar-refractivity contribution is -0.145. The van der Waals surface area contributed by atoms with Crippen LogP contribution in [0.3, 0.4) is 0 Å². The number of hydrogen-bond donors (Lipinski definition) is 0. The first kappa shape index (κ1) is 20.4. The molecule has 1 aromatic carbocycles. The second-order valence-electron chi connectivity index (χ2n) is 7.56. The Balaban J connectivity index is 1.18. The molecule has 2 aliphatic rings. The van der Waals surface area contributed by atoms with Crippen molar-refractivity contribution in [3.63, 3.8) is 0 Å². The maximum absolute atomic E-state index is 12.9. The summed E-state index contributed by atoms with van der Waals surface area (Å²) in [6.07, 6.45) is 4.34. The van der Waals surface area contributed by atoms with Gasteiger partial charge in [0.05, 0.1) is 5.69 Å². The average molecular weight is 453 g/mol. The predicted octanol–water partition coefficient (Wildman–Crippen LogP) is 2.51. The van der Waals surface area contributed by atoms with Gasteiger partial charge in [0.25, 0.3) is 5.91 Å². The summed E-state index contributed by atoms with van der Waals surface area (Å²) in [5.41, 5.74) is 1.37. The highest BCUT2D eigenvalue weighted by atomic mass is 35.5. The zero-order valence-electron chi connectivity index (χ0n) is 17.2. The fourth-order valence-corrected chi connectivity index (χ4v) is 4.12. The minimum absolute atomic E-state index is 0.125. The van der Waals surface area contributed by atoms with Gasteiger partial charge in [-0.1, -0.05) is 29.8 Å². The number of ether oxygens (including phenoxy) is 2. The third-order valence-corrected chi connectivity index (χ3v) is 5.87. The number of nitrogens with zero attached hydrogens (tertiary/aromatic N) is 4. The first-order valence-corrected chi connectivity index (χ1v) is 10.7. The van der Waals surface area contributed by atoms with Crippen LogP contribution in [-0.2, 0) is 9.59 Å². The molecule has 5 rings (SSSR count). The second-order valence-corrected chi connectivity index (χ2v) is 7.92. The van der Waals surface area contributed by atoms with E-state index in [1.54, 1.807) is 21.9 Å². The fourth-order valence-electron chi connectivity index (χ4n) is 3.88. The molecule has 1 atom stereocenters. The smallest absolute Gasteiger partial charge is 0.267 e. The highest BCUT2D eigenvalue weighted by molar-refractivity contribution is 6.31. The first-order chi connectivity index (χ1) is 15.6. The zero-order chi connectivity index (χ0) is 22.1. The number of amides is 2. The summed E-state index contributed by atoms with van der Waals surface area (Å²) in [4.78, 5) is 33.2. The first-order valence-electron chi connectivity index (χ1n) is 10.4. The minimum Gasteiger partial charge on any atom is -0.485 e. The van der Waals surface area contributed by atoms with Crippen LogP contribution in [0.15, 0.2) is 54.7 Å². The number of carbonyl (C=O) groups excluding carboxylic acids is 2. The third kappa shape index (κ3) is 3.89. The van der Waals surface area contributed by atoms with Crippen molar-refractivity contribution in [2.45, 2.75) is 6.10 Å². The summed E-state index contributed by atoms with van der Waals surface area (Å²) in [6.45, 7) is 1.95. The number of aromatic nitrogens is 2. The zero-order valence-corrected chi connectivity index (χ0v) is 17.9. The number of para-hydroxylation sites is 2. The van der Waals surface area contributed by atoms with E-state index in [9.17, 15) is 9.59 Å². The number of rotatable bonds is 3. The van der Waals surface area contributed by atoms with E-state index >= 15 is 0 Å². The molecule has 0 saturated carbocycles. The number of fused-ring (bicyclic) bond motifs is 2. The number of piperazine rings is 1. The summed E-state index contributed by atoms with van der Waals surface area (Å²) in [5.74, 6) is 0.955. The van der Waals surface area contributed by atoms with Gasteiger partial charge in [-0.25, -0.2) is 4.98 Å². The van der Waals surface area contributed by atoms with E-state index in [1.165, 1.54) is 6.08 Å². The van der Waals surface area contributed by atoms with Crippen molar-refractivity contribution in [2.75, 3.05) is 32.8 Å². The van der Waals surface area contributed by atoms with Gasteiger partial charge in [-0.3, -0.25) is 14.0 Å². The minimum atomic E-state index is -0.677. The van der Waals surface area contributed by atoms with Crippen LogP contribution < -0.4 is 9.47 Å². The van der Waals surface area contributed by atoms with Gasteiger partial charge in [0.15, 0.2) is 16.7 Å². The second kappa shape index (κ2) is 8.55. The van der Waals surface area contributed by atoms with Crippen molar-refractivity contribution < 1.29 is 19.1 Å². The Morgan fingerprint density at radius 3 is 2.53 bits per heavy atom. The van der Waals surface area contributed by atoms with Crippen molar-refractivity contribution in [2.24, 2.45) is 0 Å². The van der Waals surface area contributed by atoms with E-state index in [-0.39, 0.29) is 18.4 Å². The Bertz CT molecular complexity index is 1200. The van der Waals surface area contributed by atoms with E-state index in [2.05, 4.69) is 4.98 Å².